The van der Waals surface area contributed by atoms with E-state index in [-0.39, 0.29) is 0 Å². The highest BCUT2D eigenvalue weighted by Crippen LogP contribution is 2.21. The zero-order chi connectivity index (χ0) is 18.0. The topological polar surface area (TPSA) is 72.1 Å². The second kappa shape index (κ2) is 7.20. The fourth-order valence-corrected chi connectivity index (χ4v) is 5.12. The second-order valence-corrected chi connectivity index (χ2v) is 8.69. The van der Waals surface area contributed by atoms with Crippen LogP contribution in [0.3, 0.4) is 0 Å². The molecule has 0 aliphatic carbocycles. The first-order chi connectivity index (χ1) is 12.6. The molecule has 0 amide bonds. The van der Waals surface area contributed by atoms with E-state index in [1.807, 2.05) is 18.5 Å². The molecule has 7 nitrogen and oxygen atoms in total. The van der Waals surface area contributed by atoms with E-state index in [4.69, 9.17) is 0 Å². The average Bonchev–Trinajstić information content (AvgIpc) is 3.25. The molecule has 2 fully saturated rings. The van der Waals surface area contributed by atoms with Crippen LogP contribution in [0.5, 0.6) is 0 Å². The number of aromatic nitrogens is 2. The molecule has 2 saturated heterocycles. The summed E-state index contributed by atoms with van der Waals surface area (Å²) in [4.78, 5) is 11.2. The Morgan fingerprint density at radius 3 is 2.08 bits per heavy atom. The summed E-state index contributed by atoms with van der Waals surface area (Å²) in [6, 6.07) is 7.77. The Morgan fingerprint density at radius 2 is 1.46 bits per heavy atom. The minimum Gasteiger partial charge on any atom is -0.363 e. The van der Waals surface area contributed by atoms with E-state index in [1.165, 1.54) is 5.69 Å². The summed E-state index contributed by atoms with van der Waals surface area (Å²) in [5.74, 6) is 0.964. The molecule has 0 atom stereocenters. The first-order valence-corrected chi connectivity index (χ1v) is 10.6. The maximum atomic E-state index is 12.6. The fraction of sp³-hybridized carbons (Fsp3) is 0.444. The number of H-pyrrole nitrogens is 2. The van der Waals surface area contributed by atoms with Crippen molar-refractivity contribution in [2.75, 3.05) is 49.1 Å². The number of sulfonamides is 1. The lowest BCUT2D eigenvalue weighted by Crippen LogP contribution is -2.48. The van der Waals surface area contributed by atoms with E-state index in [2.05, 4.69) is 31.9 Å². The van der Waals surface area contributed by atoms with Crippen LogP contribution in [0.25, 0.3) is 0 Å². The molecule has 2 aliphatic rings. The SMILES string of the molecule is O=S(=O)(c1ccc(N2CCN(c3cc[nH+]cc3)CC2)[nH+]c1)N1CCCC1. The molecule has 2 N–H and O–H groups in total. The van der Waals surface area contributed by atoms with Gasteiger partial charge in [-0.3, -0.25) is 4.90 Å². The first kappa shape index (κ1) is 17.2. The number of rotatable bonds is 4. The minimum absolute atomic E-state index is 0.349. The van der Waals surface area contributed by atoms with E-state index in [0.29, 0.717) is 18.0 Å². The maximum Gasteiger partial charge on any atom is 0.274 e. The van der Waals surface area contributed by atoms with Gasteiger partial charge in [0, 0.05) is 37.0 Å². The van der Waals surface area contributed by atoms with Gasteiger partial charge in [-0.2, -0.15) is 4.31 Å². The number of pyridine rings is 2. The van der Waals surface area contributed by atoms with Crippen LogP contribution in [0.15, 0.2) is 47.8 Å². The summed E-state index contributed by atoms with van der Waals surface area (Å²) in [7, 11) is -3.36. The van der Waals surface area contributed by atoms with Crippen molar-refractivity contribution in [1.82, 2.24) is 4.31 Å². The maximum absolute atomic E-state index is 12.6. The zero-order valence-electron chi connectivity index (χ0n) is 14.8. The van der Waals surface area contributed by atoms with Gasteiger partial charge in [-0.25, -0.2) is 18.4 Å². The molecule has 4 heterocycles. The van der Waals surface area contributed by atoms with Gasteiger partial charge in [-0.05, 0) is 18.9 Å². The van der Waals surface area contributed by atoms with E-state index in [0.717, 1.165) is 44.8 Å². The Morgan fingerprint density at radius 1 is 0.808 bits per heavy atom. The number of nitrogens with one attached hydrogen (secondary N) is 2. The Bertz CT molecular complexity index is 828. The molecule has 0 aromatic carbocycles. The number of anilines is 2. The highest BCUT2D eigenvalue weighted by atomic mass is 32.2. The monoisotopic (exact) mass is 375 g/mol. The fourth-order valence-electron chi connectivity index (χ4n) is 3.63. The number of hydrogen-bond donors (Lipinski definition) is 0. The normalized spacial score (nSPS) is 19.1. The summed E-state index contributed by atoms with van der Waals surface area (Å²) in [5.41, 5.74) is 1.22. The van der Waals surface area contributed by atoms with Gasteiger partial charge in [-0.15, -0.1) is 0 Å². The van der Waals surface area contributed by atoms with Gasteiger partial charge in [0.25, 0.3) is 5.82 Å². The second-order valence-electron chi connectivity index (χ2n) is 6.75. The molecule has 2 aromatic rings. The molecule has 2 aliphatic heterocycles. The predicted octanol–water partition coefficient (Wildman–Crippen LogP) is 0.426. The third-order valence-corrected chi connectivity index (χ3v) is 7.05. The summed E-state index contributed by atoms with van der Waals surface area (Å²) in [5, 5.41) is 0. The van der Waals surface area contributed by atoms with Crippen molar-refractivity contribution in [2.24, 2.45) is 0 Å². The van der Waals surface area contributed by atoms with Crippen molar-refractivity contribution in [3.63, 3.8) is 0 Å². The van der Waals surface area contributed by atoms with Crippen molar-refractivity contribution in [2.45, 2.75) is 17.7 Å². The van der Waals surface area contributed by atoms with Gasteiger partial charge < -0.3 is 4.90 Å². The van der Waals surface area contributed by atoms with Gasteiger partial charge in [0.05, 0.1) is 13.1 Å². The number of aromatic amines is 2. The Balaban J connectivity index is 1.42. The molecular weight excluding hydrogens is 350 g/mol. The van der Waals surface area contributed by atoms with Crippen LogP contribution in [-0.4, -0.2) is 52.0 Å². The van der Waals surface area contributed by atoms with Gasteiger partial charge >= 0.3 is 0 Å². The summed E-state index contributed by atoms with van der Waals surface area (Å²) in [6.45, 7) is 4.92. The van der Waals surface area contributed by atoms with Gasteiger partial charge in [0.2, 0.25) is 10.0 Å². The lowest BCUT2D eigenvalue weighted by molar-refractivity contribution is -0.377. The van der Waals surface area contributed by atoms with Gasteiger partial charge in [-0.1, -0.05) is 0 Å². The lowest BCUT2D eigenvalue weighted by atomic mass is 10.2. The molecule has 0 spiro atoms. The molecule has 0 bridgehead atoms. The number of piperazine rings is 1. The molecule has 26 heavy (non-hydrogen) atoms. The molecule has 0 saturated carbocycles. The molecule has 8 heteroatoms. The van der Waals surface area contributed by atoms with Crippen LogP contribution in [0.2, 0.25) is 0 Å². The minimum atomic E-state index is -3.36. The van der Waals surface area contributed by atoms with Crippen LogP contribution >= 0.6 is 0 Å². The van der Waals surface area contributed by atoms with Crippen LogP contribution in [0, 0.1) is 0 Å². The van der Waals surface area contributed by atoms with Crippen molar-refractivity contribution >= 4 is 21.5 Å². The van der Waals surface area contributed by atoms with Gasteiger partial charge in [0.1, 0.15) is 24.2 Å². The Hall–Kier alpha value is -2.19. The van der Waals surface area contributed by atoms with Crippen LogP contribution in [0.1, 0.15) is 12.8 Å². The van der Waals surface area contributed by atoms with E-state index >= 15 is 0 Å². The molecule has 0 unspecified atom stereocenters. The third-order valence-electron chi connectivity index (χ3n) is 5.16. The van der Waals surface area contributed by atoms with Crippen molar-refractivity contribution in [3.8, 4) is 0 Å². The van der Waals surface area contributed by atoms with E-state index in [9.17, 15) is 8.42 Å². The third kappa shape index (κ3) is 3.39. The average molecular weight is 375 g/mol. The van der Waals surface area contributed by atoms with E-state index < -0.39 is 10.0 Å². The molecule has 0 radical (unpaired) electrons. The smallest absolute Gasteiger partial charge is 0.274 e. The molecule has 2 aromatic heterocycles. The number of nitrogens with zero attached hydrogens (tertiary/aromatic N) is 3. The predicted molar refractivity (Wildman–Crippen MR) is 98.4 cm³/mol. The van der Waals surface area contributed by atoms with Crippen molar-refractivity contribution in [3.05, 3.63) is 42.9 Å². The largest absolute Gasteiger partial charge is 0.363 e. The first-order valence-electron chi connectivity index (χ1n) is 9.12. The molecular formula is C18H25N5O2S+2. The summed E-state index contributed by atoms with van der Waals surface area (Å²) < 4.78 is 26.8. The van der Waals surface area contributed by atoms with Crippen LogP contribution in [-0.2, 0) is 10.0 Å². The quantitative estimate of drug-likeness (QED) is 0.777. The highest BCUT2D eigenvalue weighted by Gasteiger charge is 2.29. The van der Waals surface area contributed by atoms with Crippen molar-refractivity contribution < 1.29 is 18.4 Å². The van der Waals surface area contributed by atoms with Crippen molar-refractivity contribution in [1.29, 1.82) is 0 Å². The standard InChI is InChI=1S/C18H23N5O2S/c24-26(25,23-9-1-2-10-23)17-3-4-18(20-15-17)22-13-11-21(12-14-22)16-5-7-19-8-6-16/h3-8,15H,1-2,9-14H2/p+2. The molecule has 4 rings (SSSR count). The summed E-state index contributed by atoms with van der Waals surface area (Å²) >= 11 is 0. The lowest BCUT2D eigenvalue weighted by Gasteiger charge is -2.32. The Kier molecular flexibility index (Phi) is 4.78. The van der Waals surface area contributed by atoms with Crippen LogP contribution < -0.4 is 19.8 Å². The highest BCUT2D eigenvalue weighted by molar-refractivity contribution is 7.89. The summed E-state index contributed by atoms with van der Waals surface area (Å²) in [6.07, 6.45) is 7.40. The Labute approximate surface area is 154 Å². The molecule has 138 valence electrons. The zero-order valence-corrected chi connectivity index (χ0v) is 15.6. The van der Waals surface area contributed by atoms with Crippen LogP contribution in [0.4, 0.5) is 11.5 Å². The van der Waals surface area contributed by atoms with Gasteiger partial charge in [0.15, 0.2) is 12.4 Å². The van der Waals surface area contributed by atoms with E-state index in [1.54, 1.807) is 16.6 Å². The number of hydrogen-bond acceptors (Lipinski definition) is 4.